The fourth-order valence-electron chi connectivity index (χ4n) is 2.43. The highest BCUT2D eigenvalue weighted by Crippen LogP contribution is 2.22. The smallest absolute Gasteiger partial charge is 0.176 e. The van der Waals surface area contributed by atoms with Gasteiger partial charge in [-0.2, -0.15) is 0 Å². The number of benzene rings is 1. The zero-order chi connectivity index (χ0) is 12.3. The Bertz CT molecular complexity index is 382. The maximum Gasteiger partial charge on any atom is 0.176 e. The molecule has 1 fully saturated rings. The Balaban J connectivity index is 1.94. The van der Waals surface area contributed by atoms with Gasteiger partial charge in [-0.3, -0.25) is 9.69 Å². The zero-order valence-electron chi connectivity index (χ0n) is 10.2. The lowest BCUT2D eigenvalue weighted by Gasteiger charge is -2.23. The number of ketones is 1. The summed E-state index contributed by atoms with van der Waals surface area (Å²) in [6, 6.07) is 6.32. The first-order valence-electron chi connectivity index (χ1n) is 6.16. The fourth-order valence-corrected chi connectivity index (χ4v) is 2.43. The molecule has 2 rings (SSSR count). The van der Waals surface area contributed by atoms with Gasteiger partial charge in [0.25, 0.3) is 0 Å². The van der Waals surface area contributed by atoms with Crippen LogP contribution in [-0.2, 0) is 0 Å². The first kappa shape index (κ1) is 12.2. The van der Waals surface area contributed by atoms with Crippen LogP contribution in [0.1, 0.15) is 36.0 Å². The van der Waals surface area contributed by atoms with Crippen LogP contribution in [0.2, 0.25) is 0 Å². The van der Waals surface area contributed by atoms with E-state index >= 15 is 0 Å². The summed E-state index contributed by atoms with van der Waals surface area (Å²) in [6.45, 7) is 0.427. The van der Waals surface area contributed by atoms with Crippen LogP contribution in [0.5, 0.6) is 0 Å². The van der Waals surface area contributed by atoms with Crippen LogP contribution >= 0.6 is 0 Å². The predicted octanol–water partition coefficient (Wildman–Crippen LogP) is 2.88. The number of likely N-dealkylation sites (N-methyl/N-ethyl adjacent to an activating group) is 1. The molecule has 0 amide bonds. The summed E-state index contributed by atoms with van der Waals surface area (Å²) in [5, 5.41) is 0. The molecule has 0 atom stereocenters. The van der Waals surface area contributed by atoms with E-state index in [1.54, 1.807) is 12.1 Å². The lowest BCUT2D eigenvalue weighted by Crippen LogP contribution is -2.34. The van der Waals surface area contributed by atoms with Crippen LogP contribution in [0.4, 0.5) is 4.39 Å². The van der Waals surface area contributed by atoms with E-state index in [1.165, 1.54) is 37.8 Å². The van der Waals surface area contributed by atoms with Gasteiger partial charge in [-0.25, -0.2) is 4.39 Å². The first-order valence-corrected chi connectivity index (χ1v) is 6.16. The molecule has 0 N–H and O–H groups in total. The molecule has 0 aliphatic heterocycles. The fraction of sp³-hybridized carbons (Fsp3) is 0.500. The van der Waals surface area contributed by atoms with Gasteiger partial charge in [-0.1, -0.05) is 12.8 Å². The molecule has 0 spiro atoms. The van der Waals surface area contributed by atoms with Crippen molar-refractivity contribution in [1.82, 2.24) is 4.90 Å². The molecule has 1 aliphatic carbocycles. The van der Waals surface area contributed by atoms with E-state index in [1.807, 2.05) is 7.05 Å². The van der Waals surface area contributed by atoms with Gasteiger partial charge in [-0.15, -0.1) is 0 Å². The van der Waals surface area contributed by atoms with Gasteiger partial charge in [-0.05, 0) is 44.2 Å². The van der Waals surface area contributed by atoms with E-state index in [-0.39, 0.29) is 11.6 Å². The van der Waals surface area contributed by atoms with Crippen molar-refractivity contribution in [3.63, 3.8) is 0 Å². The topological polar surface area (TPSA) is 20.3 Å². The van der Waals surface area contributed by atoms with Crippen LogP contribution in [0.3, 0.4) is 0 Å². The van der Waals surface area contributed by atoms with Crippen molar-refractivity contribution in [1.29, 1.82) is 0 Å². The van der Waals surface area contributed by atoms with Crippen molar-refractivity contribution < 1.29 is 9.18 Å². The molecule has 1 aromatic carbocycles. The molecule has 0 heterocycles. The molecule has 1 aliphatic rings. The summed E-state index contributed by atoms with van der Waals surface area (Å²) in [6.07, 6.45) is 4.90. The highest BCUT2D eigenvalue weighted by Gasteiger charge is 2.21. The Hall–Kier alpha value is -1.22. The van der Waals surface area contributed by atoms with Gasteiger partial charge in [0.2, 0.25) is 0 Å². The van der Waals surface area contributed by atoms with E-state index in [4.69, 9.17) is 0 Å². The van der Waals surface area contributed by atoms with Gasteiger partial charge < -0.3 is 0 Å². The summed E-state index contributed by atoms with van der Waals surface area (Å²) < 4.78 is 12.7. The molecule has 92 valence electrons. The van der Waals surface area contributed by atoms with Crippen molar-refractivity contribution in [3.05, 3.63) is 35.6 Å². The van der Waals surface area contributed by atoms with Crippen LogP contribution in [0.15, 0.2) is 24.3 Å². The summed E-state index contributed by atoms with van der Waals surface area (Å²) in [7, 11) is 2.00. The third-order valence-electron chi connectivity index (χ3n) is 3.51. The SMILES string of the molecule is CN(CC(=O)c1ccc(F)cc1)C1CCCC1. The van der Waals surface area contributed by atoms with E-state index in [0.29, 0.717) is 18.2 Å². The third-order valence-corrected chi connectivity index (χ3v) is 3.51. The molecule has 17 heavy (non-hydrogen) atoms. The molecule has 0 aromatic heterocycles. The Morgan fingerprint density at radius 3 is 2.47 bits per heavy atom. The highest BCUT2D eigenvalue weighted by atomic mass is 19.1. The lowest BCUT2D eigenvalue weighted by molar-refractivity contribution is 0.0921. The molecule has 3 heteroatoms. The molecule has 0 saturated heterocycles. The van der Waals surface area contributed by atoms with Gasteiger partial charge in [0.1, 0.15) is 5.82 Å². The lowest BCUT2D eigenvalue weighted by atomic mass is 10.1. The maximum absolute atomic E-state index is 12.7. The van der Waals surface area contributed by atoms with Gasteiger partial charge in [0.15, 0.2) is 5.78 Å². The second-order valence-corrected chi connectivity index (χ2v) is 4.78. The van der Waals surface area contributed by atoms with E-state index in [9.17, 15) is 9.18 Å². The number of halogens is 1. The Kier molecular flexibility index (Phi) is 3.89. The van der Waals surface area contributed by atoms with E-state index < -0.39 is 0 Å². The summed E-state index contributed by atoms with van der Waals surface area (Å²) >= 11 is 0. The summed E-state index contributed by atoms with van der Waals surface area (Å²) in [5.41, 5.74) is 0.594. The number of carbonyl (C=O) groups excluding carboxylic acids is 1. The number of nitrogens with zero attached hydrogens (tertiary/aromatic N) is 1. The van der Waals surface area contributed by atoms with Crippen LogP contribution in [0, 0.1) is 5.82 Å². The van der Waals surface area contributed by atoms with Crippen molar-refractivity contribution in [2.75, 3.05) is 13.6 Å². The monoisotopic (exact) mass is 235 g/mol. The van der Waals surface area contributed by atoms with E-state index in [2.05, 4.69) is 4.90 Å². The summed E-state index contributed by atoms with van der Waals surface area (Å²) in [4.78, 5) is 14.1. The summed E-state index contributed by atoms with van der Waals surface area (Å²) in [5.74, 6) is -0.231. The molecule has 0 radical (unpaired) electrons. The van der Waals surface area contributed by atoms with Gasteiger partial charge in [0, 0.05) is 11.6 Å². The number of hydrogen-bond donors (Lipinski definition) is 0. The van der Waals surface area contributed by atoms with Crippen LogP contribution in [-0.4, -0.2) is 30.3 Å². The second kappa shape index (κ2) is 5.41. The molecule has 2 nitrogen and oxygen atoms in total. The van der Waals surface area contributed by atoms with Gasteiger partial charge in [0.05, 0.1) is 6.54 Å². The van der Waals surface area contributed by atoms with Crippen LogP contribution in [0.25, 0.3) is 0 Å². The van der Waals surface area contributed by atoms with Crippen molar-refractivity contribution >= 4 is 5.78 Å². The average Bonchev–Trinajstić information content (AvgIpc) is 2.83. The minimum absolute atomic E-state index is 0.0689. The van der Waals surface area contributed by atoms with Crippen molar-refractivity contribution in [2.24, 2.45) is 0 Å². The normalized spacial score (nSPS) is 16.6. The second-order valence-electron chi connectivity index (χ2n) is 4.78. The maximum atomic E-state index is 12.7. The minimum Gasteiger partial charge on any atom is -0.296 e. The Labute approximate surface area is 101 Å². The number of rotatable bonds is 4. The quantitative estimate of drug-likeness (QED) is 0.748. The zero-order valence-corrected chi connectivity index (χ0v) is 10.2. The van der Waals surface area contributed by atoms with Crippen LogP contribution < -0.4 is 0 Å². The van der Waals surface area contributed by atoms with Crippen molar-refractivity contribution in [3.8, 4) is 0 Å². The number of hydrogen-bond acceptors (Lipinski definition) is 2. The largest absolute Gasteiger partial charge is 0.296 e. The van der Waals surface area contributed by atoms with Gasteiger partial charge >= 0.3 is 0 Å². The Morgan fingerprint density at radius 2 is 1.88 bits per heavy atom. The third kappa shape index (κ3) is 3.13. The molecular formula is C14H18FNO. The first-order chi connectivity index (χ1) is 8.16. The minimum atomic E-state index is -0.300. The molecule has 1 saturated carbocycles. The van der Waals surface area contributed by atoms with Crippen molar-refractivity contribution in [2.45, 2.75) is 31.7 Å². The molecular weight excluding hydrogens is 217 g/mol. The van der Waals surface area contributed by atoms with E-state index in [0.717, 1.165) is 0 Å². The molecule has 0 unspecified atom stereocenters. The average molecular weight is 235 g/mol. The highest BCUT2D eigenvalue weighted by molar-refractivity contribution is 5.97. The molecule has 1 aromatic rings. The number of carbonyl (C=O) groups is 1. The Morgan fingerprint density at radius 1 is 1.29 bits per heavy atom. The standard InChI is InChI=1S/C14H18FNO/c1-16(13-4-2-3-5-13)10-14(17)11-6-8-12(15)9-7-11/h6-9,13H,2-5,10H2,1H3. The molecule has 0 bridgehead atoms. The number of Topliss-reactive ketones (excluding diaryl/α,β-unsaturated/α-hetero) is 1. The predicted molar refractivity (Wildman–Crippen MR) is 65.6 cm³/mol.